The van der Waals surface area contributed by atoms with E-state index in [4.69, 9.17) is 0 Å². The Kier molecular flexibility index (Phi) is 1.12. The largest absolute Gasteiger partial charge is 0.250 e. The zero-order valence-electron chi connectivity index (χ0n) is 4.59. The molecule has 0 fully saturated rings. The van der Waals surface area contributed by atoms with Gasteiger partial charge in [0.05, 0.1) is 11.4 Å². The summed E-state index contributed by atoms with van der Waals surface area (Å²) < 4.78 is 0. The van der Waals surface area contributed by atoms with Crippen LogP contribution >= 0.6 is 0 Å². The van der Waals surface area contributed by atoms with E-state index in [1.807, 2.05) is 12.2 Å². The number of rotatable bonds is 1. The third-order valence-electron chi connectivity index (χ3n) is 0.928. The third-order valence-corrected chi connectivity index (χ3v) is 0.928. The van der Waals surface area contributed by atoms with Gasteiger partial charge in [-0.25, -0.2) is 4.99 Å². The molecule has 1 heterocycles. The van der Waals surface area contributed by atoms with Crippen molar-refractivity contribution in [2.75, 3.05) is 0 Å². The van der Waals surface area contributed by atoms with E-state index in [1.165, 1.54) is 0 Å². The monoisotopic (exact) mass is 105 g/mol. The zero-order chi connectivity index (χ0) is 5.98. The molecule has 0 aromatic rings. The highest BCUT2D eigenvalue weighted by Crippen LogP contribution is 2.04. The van der Waals surface area contributed by atoms with E-state index in [2.05, 4.69) is 18.2 Å². The van der Waals surface area contributed by atoms with Crippen LogP contribution in [0.25, 0.3) is 0 Å². The van der Waals surface area contributed by atoms with Crippen LogP contribution in [-0.4, -0.2) is 5.71 Å². The summed E-state index contributed by atoms with van der Waals surface area (Å²) in [7, 11) is 0. The molecule has 8 heavy (non-hydrogen) atoms. The highest BCUT2D eigenvalue weighted by Gasteiger charge is 1.94. The molecule has 0 atom stereocenters. The second kappa shape index (κ2) is 1.78. The summed E-state index contributed by atoms with van der Waals surface area (Å²) in [4.78, 5) is 4.00. The van der Waals surface area contributed by atoms with Crippen LogP contribution < -0.4 is 0 Å². The van der Waals surface area contributed by atoms with Crippen LogP contribution in [-0.2, 0) is 0 Å². The Morgan fingerprint density at radius 3 is 2.50 bits per heavy atom. The topological polar surface area (TPSA) is 12.4 Å². The molecule has 0 N–H and O–H groups in total. The Morgan fingerprint density at radius 2 is 2.25 bits per heavy atom. The third kappa shape index (κ3) is 0.757. The number of hydrogen-bond acceptors (Lipinski definition) is 1. The second-order valence-corrected chi connectivity index (χ2v) is 1.57. The summed E-state index contributed by atoms with van der Waals surface area (Å²) in [5.74, 6) is 0. The first-order chi connectivity index (χ1) is 3.83. The van der Waals surface area contributed by atoms with E-state index in [0.717, 1.165) is 11.4 Å². The maximum Gasteiger partial charge on any atom is 0.0631 e. The van der Waals surface area contributed by atoms with Crippen LogP contribution in [0.15, 0.2) is 42.1 Å². The SMILES string of the molecule is C=CC1=NC(=C)C=C1. The van der Waals surface area contributed by atoms with Crippen LogP contribution in [0, 0.1) is 0 Å². The highest BCUT2D eigenvalue weighted by molar-refractivity contribution is 6.06. The molecule has 0 aliphatic carbocycles. The lowest BCUT2D eigenvalue weighted by Gasteiger charge is -1.79. The van der Waals surface area contributed by atoms with Gasteiger partial charge in [-0.1, -0.05) is 13.2 Å². The lowest BCUT2D eigenvalue weighted by molar-refractivity contribution is 1.48. The molecule has 0 spiro atoms. The molecule has 1 nitrogen and oxygen atoms in total. The van der Waals surface area contributed by atoms with Crippen LogP contribution in [0.4, 0.5) is 0 Å². The van der Waals surface area contributed by atoms with Crippen molar-refractivity contribution in [2.24, 2.45) is 4.99 Å². The van der Waals surface area contributed by atoms with Gasteiger partial charge in [0.15, 0.2) is 0 Å². The average molecular weight is 105 g/mol. The lowest BCUT2D eigenvalue weighted by Crippen LogP contribution is -1.77. The van der Waals surface area contributed by atoms with Crippen molar-refractivity contribution in [3.05, 3.63) is 37.1 Å². The summed E-state index contributed by atoms with van der Waals surface area (Å²) in [6.45, 7) is 7.18. The van der Waals surface area contributed by atoms with E-state index in [-0.39, 0.29) is 0 Å². The zero-order valence-corrected chi connectivity index (χ0v) is 4.59. The lowest BCUT2D eigenvalue weighted by atomic mass is 10.4. The smallest absolute Gasteiger partial charge is 0.0631 e. The summed E-state index contributed by atoms with van der Waals surface area (Å²) in [6, 6.07) is 0. The number of hydrogen-bond donors (Lipinski definition) is 0. The quantitative estimate of drug-likeness (QED) is 0.481. The van der Waals surface area contributed by atoms with Gasteiger partial charge in [-0.3, -0.25) is 0 Å². The predicted molar refractivity (Wildman–Crippen MR) is 35.9 cm³/mol. The van der Waals surface area contributed by atoms with Crippen LogP contribution in [0.3, 0.4) is 0 Å². The van der Waals surface area contributed by atoms with Gasteiger partial charge in [0.25, 0.3) is 0 Å². The van der Waals surface area contributed by atoms with E-state index in [9.17, 15) is 0 Å². The Hall–Kier alpha value is -1.11. The normalized spacial score (nSPS) is 16.5. The Balaban J connectivity index is 2.87. The van der Waals surface area contributed by atoms with Crippen molar-refractivity contribution in [3.63, 3.8) is 0 Å². The Labute approximate surface area is 48.7 Å². The molecule has 0 aromatic heterocycles. The molecule has 1 heteroatoms. The Morgan fingerprint density at radius 1 is 1.50 bits per heavy atom. The minimum Gasteiger partial charge on any atom is -0.250 e. The van der Waals surface area contributed by atoms with E-state index in [1.54, 1.807) is 6.08 Å². The first-order valence-electron chi connectivity index (χ1n) is 2.41. The standard InChI is InChI=1S/C7H7N/c1-3-7-5-4-6(2)8-7/h3-5H,1-2H2. The van der Waals surface area contributed by atoms with Gasteiger partial charge in [0.2, 0.25) is 0 Å². The number of nitrogens with zero attached hydrogens (tertiary/aromatic N) is 1. The first-order valence-corrected chi connectivity index (χ1v) is 2.41. The van der Waals surface area contributed by atoms with Gasteiger partial charge in [0.1, 0.15) is 0 Å². The molecule has 0 unspecified atom stereocenters. The predicted octanol–water partition coefficient (Wildman–Crippen LogP) is 1.70. The fourth-order valence-corrected chi connectivity index (χ4v) is 0.536. The summed E-state index contributed by atoms with van der Waals surface area (Å²) in [6.07, 6.45) is 5.45. The van der Waals surface area contributed by atoms with Crippen molar-refractivity contribution < 1.29 is 0 Å². The average Bonchev–Trinajstić information content (AvgIpc) is 2.14. The minimum absolute atomic E-state index is 0.805. The fourth-order valence-electron chi connectivity index (χ4n) is 0.536. The van der Waals surface area contributed by atoms with Crippen LogP contribution in [0.1, 0.15) is 0 Å². The maximum atomic E-state index is 4.00. The molecular weight excluding hydrogens is 98.1 g/mol. The molecule has 1 aliphatic rings. The molecule has 40 valence electrons. The highest BCUT2D eigenvalue weighted by atomic mass is 14.8. The molecular formula is C7H7N. The maximum absolute atomic E-state index is 4.00. The van der Waals surface area contributed by atoms with Gasteiger partial charge >= 0.3 is 0 Å². The van der Waals surface area contributed by atoms with Gasteiger partial charge in [0, 0.05) is 0 Å². The summed E-state index contributed by atoms with van der Waals surface area (Å²) in [5, 5.41) is 0. The van der Waals surface area contributed by atoms with Gasteiger partial charge < -0.3 is 0 Å². The van der Waals surface area contributed by atoms with Crippen LogP contribution in [0.5, 0.6) is 0 Å². The van der Waals surface area contributed by atoms with Crippen molar-refractivity contribution >= 4 is 5.71 Å². The molecule has 1 rings (SSSR count). The first kappa shape index (κ1) is 5.04. The molecule has 0 aromatic carbocycles. The molecule has 0 saturated carbocycles. The van der Waals surface area contributed by atoms with Crippen molar-refractivity contribution in [1.82, 2.24) is 0 Å². The second-order valence-electron chi connectivity index (χ2n) is 1.57. The molecule has 0 amide bonds. The van der Waals surface area contributed by atoms with Crippen molar-refractivity contribution in [2.45, 2.75) is 0 Å². The molecule has 1 aliphatic heterocycles. The van der Waals surface area contributed by atoms with Crippen molar-refractivity contribution in [1.29, 1.82) is 0 Å². The molecule has 0 saturated heterocycles. The van der Waals surface area contributed by atoms with Gasteiger partial charge in [-0.05, 0) is 18.2 Å². The van der Waals surface area contributed by atoms with Gasteiger partial charge in [-0.15, -0.1) is 0 Å². The van der Waals surface area contributed by atoms with Gasteiger partial charge in [-0.2, -0.15) is 0 Å². The summed E-state index contributed by atoms with van der Waals surface area (Å²) in [5.41, 5.74) is 1.70. The molecule has 0 bridgehead atoms. The van der Waals surface area contributed by atoms with E-state index < -0.39 is 0 Å². The van der Waals surface area contributed by atoms with Crippen molar-refractivity contribution in [3.8, 4) is 0 Å². The van der Waals surface area contributed by atoms with Crippen LogP contribution in [0.2, 0.25) is 0 Å². The van der Waals surface area contributed by atoms with E-state index >= 15 is 0 Å². The fraction of sp³-hybridized carbons (Fsp3) is 0. The number of allylic oxidation sites excluding steroid dienone is 3. The minimum atomic E-state index is 0.805. The molecule has 0 radical (unpaired) electrons. The Bertz CT molecular complexity index is 185. The number of aliphatic imine (C=N–C) groups is 1. The summed E-state index contributed by atoms with van der Waals surface area (Å²) >= 11 is 0. The van der Waals surface area contributed by atoms with E-state index in [0.29, 0.717) is 0 Å².